The summed E-state index contributed by atoms with van der Waals surface area (Å²) in [5.41, 5.74) is 1.70. The third kappa shape index (κ3) is 4.66. The van der Waals surface area contributed by atoms with E-state index in [1.807, 2.05) is 31.5 Å². The monoisotopic (exact) mass is 364 g/mol. The molecule has 2 aromatic rings. The Bertz CT molecular complexity index is 771. The number of esters is 1. The van der Waals surface area contributed by atoms with Gasteiger partial charge in [-0.25, -0.2) is 4.98 Å². The molecule has 0 spiro atoms. The smallest absolute Gasteiger partial charge is 0.311 e. The number of aromatic nitrogens is 3. The van der Waals surface area contributed by atoms with Crippen LogP contribution in [-0.2, 0) is 21.5 Å². The number of methoxy groups -OCH3 is 1. The first-order chi connectivity index (χ1) is 11.6. The molecule has 0 bridgehead atoms. The van der Waals surface area contributed by atoms with Gasteiger partial charge in [-0.15, -0.1) is 11.3 Å². The number of nitrogens with one attached hydrogen (secondary N) is 1. The van der Waals surface area contributed by atoms with Gasteiger partial charge in [0.05, 0.1) is 24.8 Å². The Morgan fingerprint density at radius 2 is 2.04 bits per heavy atom. The van der Waals surface area contributed by atoms with Crippen molar-refractivity contribution in [3.8, 4) is 0 Å². The molecule has 0 saturated heterocycles. The molecule has 0 atom stereocenters. The largest absolute Gasteiger partial charge is 0.469 e. The molecule has 1 N–H and O–H groups in total. The van der Waals surface area contributed by atoms with Gasteiger partial charge in [-0.3, -0.25) is 19.6 Å². The highest BCUT2D eigenvalue weighted by Gasteiger charge is 2.24. The Kier molecular flexibility index (Phi) is 5.62. The summed E-state index contributed by atoms with van der Waals surface area (Å²) >= 11 is 1.26. The molecule has 0 aliphatic heterocycles. The van der Waals surface area contributed by atoms with Crippen molar-refractivity contribution in [2.24, 2.45) is 0 Å². The topological polar surface area (TPSA) is 86.1 Å². The maximum Gasteiger partial charge on any atom is 0.311 e. The summed E-state index contributed by atoms with van der Waals surface area (Å²) in [7, 11) is 1.33. The highest BCUT2D eigenvalue weighted by molar-refractivity contribution is 7.14. The van der Waals surface area contributed by atoms with Crippen LogP contribution in [0, 0.1) is 0 Å². The number of amides is 1. The van der Waals surface area contributed by atoms with Crippen LogP contribution in [0.15, 0.2) is 11.4 Å². The second-order valence-electron chi connectivity index (χ2n) is 7.04. The van der Waals surface area contributed by atoms with E-state index in [0.717, 1.165) is 5.69 Å². The summed E-state index contributed by atoms with van der Waals surface area (Å²) in [5, 5.41) is 9.37. The lowest BCUT2D eigenvalue weighted by Crippen LogP contribution is -2.26. The third-order valence-corrected chi connectivity index (χ3v) is 4.33. The molecule has 1 amide bonds. The van der Waals surface area contributed by atoms with Crippen LogP contribution < -0.4 is 5.32 Å². The SMILES string of the molecule is COC(=O)Cc1csc(NC(=O)c2cc(C(C)C)n(C(C)(C)C)n2)n1. The third-order valence-electron chi connectivity index (χ3n) is 3.52. The van der Waals surface area contributed by atoms with Crippen molar-refractivity contribution in [2.45, 2.75) is 52.5 Å². The molecular formula is C17H24N4O3S. The van der Waals surface area contributed by atoms with Gasteiger partial charge in [0.1, 0.15) is 0 Å². The zero-order chi connectivity index (χ0) is 18.8. The second kappa shape index (κ2) is 7.35. The van der Waals surface area contributed by atoms with E-state index in [1.165, 1.54) is 18.4 Å². The number of hydrogen-bond acceptors (Lipinski definition) is 6. The fourth-order valence-corrected chi connectivity index (χ4v) is 2.99. The molecule has 0 saturated carbocycles. The standard InChI is InChI=1S/C17H24N4O3S/c1-10(2)13-8-12(20-21(13)17(3,4)5)15(23)19-16-18-11(9-25-16)7-14(22)24-6/h8-10H,7H2,1-6H3,(H,18,19,23). The average Bonchev–Trinajstić information content (AvgIpc) is 3.13. The van der Waals surface area contributed by atoms with E-state index in [-0.39, 0.29) is 29.8 Å². The summed E-state index contributed by atoms with van der Waals surface area (Å²) in [6.07, 6.45) is 0.0824. The molecular weight excluding hydrogens is 340 g/mol. The number of anilines is 1. The molecule has 0 aromatic carbocycles. The van der Waals surface area contributed by atoms with E-state index in [9.17, 15) is 9.59 Å². The Morgan fingerprint density at radius 1 is 1.36 bits per heavy atom. The molecule has 7 nitrogen and oxygen atoms in total. The van der Waals surface area contributed by atoms with Gasteiger partial charge in [0, 0.05) is 11.1 Å². The number of thiazole rings is 1. The number of carbonyl (C=O) groups is 2. The van der Waals surface area contributed by atoms with Gasteiger partial charge in [0.15, 0.2) is 10.8 Å². The lowest BCUT2D eigenvalue weighted by molar-refractivity contribution is -0.139. The Balaban J connectivity index is 2.17. The summed E-state index contributed by atoms with van der Waals surface area (Å²) in [4.78, 5) is 28.0. The van der Waals surface area contributed by atoms with E-state index < -0.39 is 0 Å². The first-order valence-corrected chi connectivity index (χ1v) is 8.92. The molecule has 8 heteroatoms. The predicted molar refractivity (Wildman–Crippen MR) is 97.1 cm³/mol. The van der Waals surface area contributed by atoms with Crippen LogP contribution in [0.1, 0.15) is 62.4 Å². The number of ether oxygens (including phenoxy) is 1. The van der Waals surface area contributed by atoms with Crippen LogP contribution in [0.25, 0.3) is 0 Å². The number of rotatable bonds is 5. The molecule has 0 radical (unpaired) electrons. The Hall–Kier alpha value is -2.22. The van der Waals surface area contributed by atoms with Gasteiger partial charge in [0.25, 0.3) is 5.91 Å². The van der Waals surface area contributed by atoms with Gasteiger partial charge in [-0.2, -0.15) is 5.10 Å². The van der Waals surface area contributed by atoms with Crippen molar-refractivity contribution >= 4 is 28.3 Å². The van der Waals surface area contributed by atoms with Crippen molar-refractivity contribution in [3.63, 3.8) is 0 Å². The normalized spacial score (nSPS) is 11.6. The molecule has 25 heavy (non-hydrogen) atoms. The first kappa shape index (κ1) is 19.1. The summed E-state index contributed by atoms with van der Waals surface area (Å²) in [6, 6.07) is 1.81. The minimum Gasteiger partial charge on any atom is -0.469 e. The maximum atomic E-state index is 12.5. The molecule has 0 aliphatic rings. The van der Waals surface area contributed by atoms with Gasteiger partial charge < -0.3 is 4.74 Å². The zero-order valence-electron chi connectivity index (χ0n) is 15.4. The quantitative estimate of drug-likeness (QED) is 0.824. The second-order valence-corrected chi connectivity index (χ2v) is 7.90. The van der Waals surface area contributed by atoms with E-state index >= 15 is 0 Å². The minimum atomic E-state index is -0.367. The maximum absolute atomic E-state index is 12.5. The fourth-order valence-electron chi connectivity index (χ4n) is 2.28. The van der Waals surface area contributed by atoms with Crippen molar-refractivity contribution in [2.75, 3.05) is 12.4 Å². The van der Waals surface area contributed by atoms with Crippen molar-refractivity contribution in [1.29, 1.82) is 0 Å². The van der Waals surface area contributed by atoms with Crippen molar-refractivity contribution in [3.05, 3.63) is 28.5 Å². The minimum absolute atomic E-state index is 0.0824. The lowest BCUT2D eigenvalue weighted by Gasteiger charge is -2.23. The average molecular weight is 364 g/mol. The first-order valence-electron chi connectivity index (χ1n) is 8.04. The van der Waals surface area contributed by atoms with E-state index in [2.05, 4.69) is 34.0 Å². The zero-order valence-corrected chi connectivity index (χ0v) is 16.2. The summed E-state index contributed by atoms with van der Waals surface area (Å²) in [6.45, 7) is 10.3. The summed E-state index contributed by atoms with van der Waals surface area (Å²) < 4.78 is 6.50. The number of carbonyl (C=O) groups excluding carboxylic acids is 2. The van der Waals surface area contributed by atoms with Gasteiger partial charge >= 0.3 is 5.97 Å². The number of hydrogen-bond donors (Lipinski definition) is 1. The van der Waals surface area contributed by atoms with Crippen molar-refractivity contribution < 1.29 is 14.3 Å². The number of nitrogens with zero attached hydrogens (tertiary/aromatic N) is 3. The van der Waals surface area contributed by atoms with Crippen LogP contribution in [0.5, 0.6) is 0 Å². The Morgan fingerprint density at radius 3 is 2.56 bits per heavy atom. The predicted octanol–water partition coefficient (Wildman–Crippen LogP) is 3.19. The van der Waals surface area contributed by atoms with E-state index in [4.69, 9.17) is 0 Å². The van der Waals surface area contributed by atoms with Gasteiger partial charge in [-0.05, 0) is 32.8 Å². The van der Waals surface area contributed by atoms with Crippen LogP contribution in [0.4, 0.5) is 5.13 Å². The molecule has 2 heterocycles. The molecule has 2 rings (SSSR count). The van der Waals surface area contributed by atoms with Gasteiger partial charge in [0.2, 0.25) is 0 Å². The van der Waals surface area contributed by atoms with Crippen LogP contribution in [-0.4, -0.2) is 33.8 Å². The highest BCUT2D eigenvalue weighted by Crippen LogP contribution is 2.24. The molecule has 2 aromatic heterocycles. The summed E-state index contributed by atoms with van der Waals surface area (Å²) in [5.74, 6) is -0.433. The lowest BCUT2D eigenvalue weighted by atomic mass is 10.1. The highest BCUT2D eigenvalue weighted by atomic mass is 32.1. The van der Waals surface area contributed by atoms with E-state index in [1.54, 1.807) is 5.38 Å². The fraction of sp³-hybridized carbons (Fsp3) is 0.529. The van der Waals surface area contributed by atoms with Gasteiger partial charge in [-0.1, -0.05) is 13.8 Å². The molecule has 0 unspecified atom stereocenters. The molecule has 0 fully saturated rings. The van der Waals surface area contributed by atoms with Crippen LogP contribution in [0.2, 0.25) is 0 Å². The van der Waals surface area contributed by atoms with Crippen LogP contribution >= 0.6 is 11.3 Å². The van der Waals surface area contributed by atoms with Crippen LogP contribution in [0.3, 0.4) is 0 Å². The Labute approximate surface area is 151 Å². The molecule has 0 aliphatic carbocycles. The van der Waals surface area contributed by atoms with Crippen molar-refractivity contribution in [1.82, 2.24) is 14.8 Å². The molecule has 136 valence electrons. The van der Waals surface area contributed by atoms with E-state index in [0.29, 0.717) is 16.5 Å².